The summed E-state index contributed by atoms with van der Waals surface area (Å²) in [7, 11) is 0. The number of amides is 1. The molecule has 2 aromatic rings. The van der Waals surface area contributed by atoms with E-state index >= 15 is 0 Å². The lowest BCUT2D eigenvalue weighted by atomic mass is 10.1. The third kappa shape index (κ3) is 4.63. The lowest BCUT2D eigenvalue weighted by Gasteiger charge is -2.07. The fourth-order valence-corrected chi connectivity index (χ4v) is 2.44. The SMILES string of the molecule is C/C(=N/NC(=O)COc1ccccc1[N+](=O)[O-])c1ccccc1Br. The zero-order valence-electron chi connectivity index (χ0n) is 12.7. The Kier molecular flexibility index (Phi) is 6.02. The van der Waals surface area contributed by atoms with E-state index in [4.69, 9.17) is 4.74 Å². The molecule has 7 nitrogen and oxygen atoms in total. The minimum absolute atomic E-state index is 0.0316. The van der Waals surface area contributed by atoms with Crippen molar-refractivity contribution in [3.8, 4) is 5.75 Å². The van der Waals surface area contributed by atoms with Crippen LogP contribution in [-0.2, 0) is 4.79 Å². The van der Waals surface area contributed by atoms with Gasteiger partial charge in [-0.05, 0) is 19.1 Å². The van der Waals surface area contributed by atoms with Crippen LogP contribution in [-0.4, -0.2) is 23.1 Å². The number of benzene rings is 2. The quantitative estimate of drug-likeness (QED) is 0.464. The maximum absolute atomic E-state index is 11.8. The van der Waals surface area contributed by atoms with Gasteiger partial charge in [0.15, 0.2) is 12.4 Å². The molecule has 8 heteroatoms. The Balaban J connectivity index is 1.96. The molecule has 2 rings (SSSR count). The largest absolute Gasteiger partial charge is 0.477 e. The lowest BCUT2D eigenvalue weighted by molar-refractivity contribution is -0.385. The molecule has 0 fully saturated rings. The topological polar surface area (TPSA) is 93.8 Å². The number of ether oxygens (including phenoxy) is 1. The number of rotatable bonds is 6. The molecule has 0 unspecified atom stereocenters. The number of carbonyl (C=O) groups is 1. The van der Waals surface area contributed by atoms with Crippen molar-refractivity contribution in [2.75, 3.05) is 6.61 Å². The van der Waals surface area contributed by atoms with Crippen molar-refractivity contribution in [2.45, 2.75) is 6.92 Å². The van der Waals surface area contributed by atoms with Crippen LogP contribution in [0.5, 0.6) is 5.75 Å². The third-order valence-electron chi connectivity index (χ3n) is 3.03. The summed E-state index contributed by atoms with van der Waals surface area (Å²) in [6.07, 6.45) is 0. The molecular weight excluding hydrogens is 378 g/mol. The standard InChI is InChI=1S/C16H14BrN3O4/c1-11(12-6-2-3-7-13(12)17)18-19-16(21)10-24-15-9-5-4-8-14(15)20(22)23/h2-9H,10H2,1H3,(H,19,21)/b18-11-. The summed E-state index contributed by atoms with van der Waals surface area (Å²) in [5, 5.41) is 14.9. The van der Waals surface area contributed by atoms with Gasteiger partial charge in [0.25, 0.3) is 5.91 Å². The van der Waals surface area contributed by atoms with Crippen molar-refractivity contribution in [3.63, 3.8) is 0 Å². The number of hydrogen-bond acceptors (Lipinski definition) is 5. The van der Waals surface area contributed by atoms with Gasteiger partial charge in [-0.25, -0.2) is 5.43 Å². The Morgan fingerprint density at radius 3 is 2.62 bits per heavy atom. The zero-order valence-corrected chi connectivity index (χ0v) is 14.3. The number of para-hydroxylation sites is 2. The van der Waals surface area contributed by atoms with Crippen LogP contribution < -0.4 is 10.2 Å². The van der Waals surface area contributed by atoms with E-state index in [1.807, 2.05) is 24.3 Å². The first-order valence-corrected chi connectivity index (χ1v) is 7.72. The summed E-state index contributed by atoms with van der Waals surface area (Å²) in [5.41, 5.74) is 3.62. The molecule has 0 aliphatic carbocycles. The van der Waals surface area contributed by atoms with Crippen LogP contribution in [0.15, 0.2) is 58.1 Å². The van der Waals surface area contributed by atoms with Crippen molar-refractivity contribution in [1.29, 1.82) is 0 Å². The Bertz CT molecular complexity index is 792. The minimum atomic E-state index is -0.567. The molecule has 0 aromatic heterocycles. The van der Waals surface area contributed by atoms with E-state index in [0.717, 1.165) is 10.0 Å². The van der Waals surface area contributed by atoms with Gasteiger partial charge in [-0.1, -0.05) is 46.3 Å². The molecule has 0 saturated carbocycles. The summed E-state index contributed by atoms with van der Waals surface area (Å²) in [4.78, 5) is 22.1. The molecule has 1 N–H and O–H groups in total. The van der Waals surface area contributed by atoms with E-state index in [9.17, 15) is 14.9 Å². The highest BCUT2D eigenvalue weighted by atomic mass is 79.9. The monoisotopic (exact) mass is 391 g/mol. The molecule has 2 aromatic carbocycles. The van der Waals surface area contributed by atoms with Crippen LogP contribution in [0.1, 0.15) is 12.5 Å². The van der Waals surface area contributed by atoms with Crippen LogP contribution >= 0.6 is 15.9 Å². The van der Waals surface area contributed by atoms with Gasteiger partial charge >= 0.3 is 5.69 Å². The number of nitro groups is 1. The van der Waals surface area contributed by atoms with Crippen molar-refractivity contribution >= 4 is 33.2 Å². The van der Waals surface area contributed by atoms with Gasteiger partial charge in [0.2, 0.25) is 0 Å². The summed E-state index contributed by atoms with van der Waals surface area (Å²) in [6.45, 7) is 1.38. The molecule has 0 atom stereocenters. The molecule has 0 spiro atoms. The van der Waals surface area contributed by atoms with E-state index in [2.05, 4.69) is 26.5 Å². The number of halogens is 1. The van der Waals surface area contributed by atoms with Crippen LogP contribution in [0.3, 0.4) is 0 Å². The Labute approximate surface area is 146 Å². The van der Waals surface area contributed by atoms with Crippen LogP contribution in [0, 0.1) is 10.1 Å². The van der Waals surface area contributed by atoms with Crippen LogP contribution in [0.2, 0.25) is 0 Å². The van der Waals surface area contributed by atoms with Gasteiger partial charge in [-0.15, -0.1) is 0 Å². The first kappa shape index (κ1) is 17.6. The zero-order chi connectivity index (χ0) is 17.5. The first-order chi connectivity index (χ1) is 11.5. The molecule has 0 radical (unpaired) electrons. The summed E-state index contributed by atoms with van der Waals surface area (Å²) in [6, 6.07) is 13.3. The average Bonchev–Trinajstić information content (AvgIpc) is 2.58. The second-order valence-electron chi connectivity index (χ2n) is 4.73. The number of hydrazone groups is 1. The molecule has 1 amide bonds. The Morgan fingerprint density at radius 2 is 1.92 bits per heavy atom. The molecule has 0 heterocycles. The third-order valence-corrected chi connectivity index (χ3v) is 3.72. The lowest BCUT2D eigenvalue weighted by Crippen LogP contribution is -2.25. The van der Waals surface area contributed by atoms with Gasteiger partial charge in [0.05, 0.1) is 10.6 Å². The van der Waals surface area contributed by atoms with Gasteiger partial charge in [0.1, 0.15) is 0 Å². The van der Waals surface area contributed by atoms with Gasteiger partial charge < -0.3 is 4.74 Å². The minimum Gasteiger partial charge on any atom is -0.477 e. The molecule has 124 valence electrons. The van der Waals surface area contributed by atoms with Crippen molar-refractivity contribution < 1.29 is 14.5 Å². The number of nitrogens with zero attached hydrogens (tertiary/aromatic N) is 2. The fraction of sp³-hybridized carbons (Fsp3) is 0.125. The van der Waals surface area contributed by atoms with Crippen molar-refractivity contribution in [1.82, 2.24) is 5.43 Å². The maximum Gasteiger partial charge on any atom is 0.310 e. The van der Waals surface area contributed by atoms with E-state index in [-0.39, 0.29) is 18.0 Å². The number of carbonyl (C=O) groups excluding carboxylic acids is 1. The maximum atomic E-state index is 11.8. The van der Waals surface area contributed by atoms with E-state index in [0.29, 0.717) is 5.71 Å². The number of nitrogens with one attached hydrogen (secondary N) is 1. The fourth-order valence-electron chi connectivity index (χ4n) is 1.87. The number of hydrogen-bond donors (Lipinski definition) is 1. The summed E-state index contributed by atoms with van der Waals surface area (Å²) < 4.78 is 6.05. The van der Waals surface area contributed by atoms with E-state index < -0.39 is 10.8 Å². The van der Waals surface area contributed by atoms with Crippen LogP contribution in [0.25, 0.3) is 0 Å². The Hall–Kier alpha value is -2.74. The first-order valence-electron chi connectivity index (χ1n) is 6.93. The summed E-state index contributed by atoms with van der Waals surface area (Å²) >= 11 is 3.40. The molecule has 0 aliphatic rings. The number of nitro benzene ring substituents is 1. The molecule has 0 saturated heterocycles. The molecular formula is C16H14BrN3O4. The predicted octanol–water partition coefficient (Wildman–Crippen LogP) is 3.28. The van der Waals surface area contributed by atoms with Crippen molar-refractivity contribution in [3.05, 3.63) is 68.7 Å². The Morgan fingerprint density at radius 1 is 1.25 bits per heavy atom. The average molecular weight is 392 g/mol. The van der Waals surface area contributed by atoms with Gasteiger partial charge in [-0.3, -0.25) is 14.9 Å². The highest BCUT2D eigenvalue weighted by molar-refractivity contribution is 9.10. The van der Waals surface area contributed by atoms with Gasteiger partial charge in [0, 0.05) is 16.1 Å². The van der Waals surface area contributed by atoms with Crippen molar-refractivity contribution in [2.24, 2.45) is 5.10 Å². The second kappa shape index (κ2) is 8.21. The highest BCUT2D eigenvalue weighted by Gasteiger charge is 2.14. The summed E-state index contributed by atoms with van der Waals surface area (Å²) in [5.74, 6) is -0.483. The van der Waals surface area contributed by atoms with Gasteiger partial charge in [-0.2, -0.15) is 5.10 Å². The molecule has 0 bridgehead atoms. The predicted molar refractivity (Wildman–Crippen MR) is 93.1 cm³/mol. The molecule has 0 aliphatic heterocycles. The molecule has 24 heavy (non-hydrogen) atoms. The van der Waals surface area contributed by atoms with E-state index in [1.165, 1.54) is 18.2 Å². The second-order valence-corrected chi connectivity index (χ2v) is 5.58. The smallest absolute Gasteiger partial charge is 0.310 e. The highest BCUT2D eigenvalue weighted by Crippen LogP contribution is 2.25. The normalized spacial score (nSPS) is 11.0. The van der Waals surface area contributed by atoms with Crippen LogP contribution in [0.4, 0.5) is 5.69 Å². The van der Waals surface area contributed by atoms with E-state index in [1.54, 1.807) is 13.0 Å².